The number of benzene rings is 1. The Morgan fingerprint density at radius 1 is 1.26 bits per heavy atom. The van der Waals surface area contributed by atoms with Crippen molar-refractivity contribution in [1.82, 2.24) is 10.2 Å². The predicted molar refractivity (Wildman–Crippen MR) is 101 cm³/mol. The van der Waals surface area contributed by atoms with E-state index in [0.29, 0.717) is 25.8 Å². The molecule has 1 aliphatic rings. The number of carbonyl (C=O) groups is 2. The third-order valence-electron chi connectivity index (χ3n) is 4.93. The monoisotopic (exact) mass is 378 g/mol. The van der Waals surface area contributed by atoms with Gasteiger partial charge in [0, 0.05) is 24.1 Å². The molecule has 1 atom stereocenters. The van der Waals surface area contributed by atoms with Crippen molar-refractivity contribution in [3.05, 3.63) is 23.8 Å². The summed E-state index contributed by atoms with van der Waals surface area (Å²) < 4.78 is 4.80. The molecule has 7 heteroatoms. The van der Waals surface area contributed by atoms with Gasteiger partial charge in [0.1, 0.15) is 17.5 Å². The number of phenols is 2. The quantitative estimate of drug-likeness (QED) is 0.628. The molecule has 1 aliphatic heterocycles. The summed E-state index contributed by atoms with van der Waals surface area (Å²) in [4.78, 5) is 26.6. The number of likely N-dealkylation sites (tertiary alicyclic amines) is 1. The normalized spacial score (nSPS) is 16.9. The Hall–Kier alpha value is -2.28. The molecule has 0 radical (unpaired) electrons. The van der Waals surface area contributed by atoms with Crippen LogP contribution >= 0.6 is 0 Å². The second-order valence-electron chi connectivity index (χ2n) is 7.58. The Morgan fingerprint density at radius 2 is 1.93 bits per heavy atom. The summed E-state index contributed by atoms with van der Waals surface area (Å²) in [6.45, 7) is 6.02. The molecule has 1 fully saturated rings. The number of phenolic OH excluding ortho intramolecular Hbond substituents is 2. The number of hydrogen-bond donors (Lipinski definition) is 3. The zero-order valence-electron chi connectivity index (χ0n) is 16.3. The maximum absolute atomic E-state index is 12.6. The maximum Gasteiger partial charge on any atom is 0.328 e. The van der Waals surface area contributed by atoms with Gasteiger partial charge in [-0.25, -0.2) is 4.79 Å². The summed E-state index contributed by atoms with van der Waals surface area (Å²) in [6.07, 6.45) is 1.94. The van der Waals surface area contributed by atoms with Gasteiger partial charge in [0.2, 0.25) is 5.91 Å². The van der Waals surface area contributed by atoms with Crippen molar-refractivity contribution >= 4 is 11.9 Å². The van der Waals surface area contributed by atoms with Crippen LogP contribution in [-0.4, -0.2) is 53.2 Å². The number of hydrogen-bond acceptors (Lipinski definition) is 6. The van der Waals surface area contributed by atoms with E-state index in [1.54, 1.807) is 12.1 Å². The van der Waals surface area contributed by atoms with Gasteiger partial charge in [0.05, 0.1) is 7.11 Å². The van der Waals surface area contributed by atoms with E-state index in [1.165, 1.54) is 13.2 Å². The number of carbonyl (C=O) groups excluding carboxylic acids is 2. The predicted octanol–water partition coefficient (Wildman–Crippen LogP) is 2.01. The average Bonchev–Trinajstić information content (AvgIpc) is 2.63. The number of esters is 1. The third kappa shape index (κ3) is 6.13. The van der Waals surface area contributed by atoms with Gasteiger partial charge in [-0.1, -0.05) is 19.9 Å². The van der Waals surface area contributed by atoms with E-state index in [2.05, 4.69) is 10.2 Å². The summed E-state index contributed by atoms with van der Waals surface area (Å²) in [5.41, 5.74) is 0.749. The number of amides is 1. The second-order valence-corrected chi connectivity index (χ2v) is 7.58. The van der Waals surface area contributed by atoms with E-state index < -0.39 is 12.0 Å². The smallest absolute Gasteiger partial charge is 0.328 e. The molecule has 1 amide bonds. The molecule has 1 saturated heterocycles. The van der Waals surface area contributed by atoms with Crippen LogP contribution in [-0.2, 0) is 20.9 Å². The molecule has 0 aromatic heterocycles. The number of nitrogens with one attached hydrogen (secondary N) is 1. The fourth-order valence-electron chi connectivity index (χ4n) is 3.40. The molecule has 0 bridgehead atoms. The van der Waals surface area contributed by atoms with Gasteiger partial charge in [0.15, 0.2) is 0 Å². The van der Waals surface area contributed by atoms with Crippen LogP contribution in [0.5, 0.6) is 11.5 Å². The van der Waals surface area contributed by atoms with Crippen molar-refractivity contribution in [3.63, 3.8) is 0 Å². The standard InChI is InChI=1S/C20H30N2O5/c1-13(2)10-17(20(26)27-3)21-19(25)14-6-8-22(9-7-14)12-15-4-5-16(23)11-18(15)24/h4-5,11,13-14,17,23-24H,6-10,12H2,1-3H3,(H,21,25). The van der Waals surface area contributed by atoms with E-state index in [4.69, 9.17) is 4.74 Å². The zero-order valence-corrected chi connectivity index (χ0v) is 16.3. The Labute approximate surface area is 160 Å². The summed E-state index contributed by atoms with van der Waals surface area (Å²) in [5, 5.41) is 22.1. The Morgan fingerprint density at radius 3 is 2.48 bits per heavy atom. The molecule has 0 aliphatic carbocycles. The van der Waals surface area contributed by atoms with E-state index in [9.17, 15) is 19.8 Å². The minimum absolute atomic E-state index is 0.0354. The SMILES string of the molecule is COC(=O)C(CC(C)C)NC(=O)C1CCN(Cc2ccc(O)cc2O)CC1. The summed E-state index contributed by atoms with van der Waals surface area (Å²) in [7, 11) is 1.33. The van der Waals surface area contributed by atoms with Gasteiger partial charge in [-0.05, 0) is 44.3 Å². The Bertz CT molecular complexity index is 654. The highest BCUT2D eigenvalue weighted by molar-refractivity contribution is 5.85. The minimum atomic E-state index is -0.602. The number of aromatic hydroxyl groups is 2. The largest absolute Gasteiger partial charge is 0.508 e. The number of rotatable bonds is 7. The van der Waals surface area contributed by atoms with Gasteiger partial charge in [-0.15, -0.1) is 0 Å². The third-order valence-corrected chi connectivity index (χ3v) is 4.93. The number of nitrogens with zero attached hydrogens (tertiary/aromatic N) is 1. The molecule has 0 saturated carbocycles. The average molecular weight is 378 g/mol. The van der Waals surface area contributed by atoms with Crippen molar-refractivity contribution < 1.29 is 24.5 Å². The highest BCUT2D eigenvalue weighted by Crippen LogP contribution is 2.26. The summed E-state index contributed by atoms with van der Waals surface area (Å²) in [5.74, 6) is -0.253. The van der Waals surface area contributed by atoms with Crippen LogP contribution < -0.4 is 5.32 Å². The molecular weight excluding hydrogens is 348 g/mol. The molecule has 1 aromatic rings. The van der Waals surface area contributed by atoms with E-state index in [-0.39, 0.29) is 29.2 Å². The first kappa shape index (κ1) is 21.0. The van der Waals surface area contributed by atoms with Gasteiger partial charge < -0.3 is 20.3 Å². The van der Waals surface area contributed by atoms with Crippen molar-refractivity contribution in [1.29, 1.82) is 0 Å². The molecular formula is C20H30N2O5. The lowest BCUT2D eigenvalue weighted by molar-refractivity contribution is -0.146. The fourth-order valence-corrected chi connectivity index (χ4v) is 3.40. The van der Waals surface area contributed by atoms with Gasteiger partial charge in [-0.3, -0.25) is 9.69 Å². The topological polar surface area (TPSA) is 99.1 Å². The summed E-state index contributed by atoms with van der Waals surface area (Å²) in [6, 6.07) is 3.99. The zero-order chi connectivity index (χ0) is 20.0. The van der Waals surface area contributed by atoms with Gasteiger partial charge in [-0.2, -0.15) is 0 Å². The van der Waals surface area contributed by atoms with Crippen LogP contribution in [0.15, 0.2) is 18.2 Å². The van der Waals surface area contributed by atoms with Crippen molar-refractivity contribution in [2.45, 2.75) is 45.7 Å². The van der Waals surface area contributed by atoms with E-state index in [1.807, 2.05) is 13.8 Å². The molecule has 150 valence electrons. The molecule has 1 aromatic carbocycles. The Balaban J connectivity index is 1.86. The van der Waals surface area contributed by atoms with Crippen molar-refractivity contribution in [2.24, 2.45) is 11.8 Å². The van der Waals surface area contributed by atoms with Crippen LogP contribution in [0.2, 0.25) is 0 Å². The number of piperidine rings is 1. The molecule has 27 heavy (non-hydrogen) atoms. The van der Waals surface area contributed by atoms with Crippen LogP contribution in [0.1, 0.15) is 38.7 Å². The number of methoxy groups -OCH3 is 1. The maximum atomic E-state index is 12.6. The van der Waals surface area contributed by atoms with Gasteiger partial charge >= 0.3 is 5.97 Å². The first-order valence-electron chi connectivity index (χ1n) is 9.41. The van der Waals surface area contributed by atoms with Crippen molar-refractivity contribution in [3.8, 4) is 11.5 Å². The molecule has 0 spiro atoms. The Kier molecular flexibility index (Phi) is 7.47. The molecule has 2 rings (SSSR count). The molecule has 1 unspecified atom stereocenters. The fraction of sp³-hybridized carbons (Fsp3) is 0.600. The van der Waals surface area contributed by atoms with Crippen LogP contribution in [0.3, 0.4) is 0 Å². The van der Waals surface area contributed by atoms with Crippen LogP contribution in [0, 0.1) is 11.8 Å². The highest BCUT2D eigenvalue weighted by Gasteiger charge is 2.29. The highest BCUT2D eigenvalue weighted by atomic mass is 16.5. The molecule has 1 heterocycles. The van der Waals surface area contributed by atoms with E-state index >= 15 is 0 Å². The van der Waals surface area contributed by atoms with Crippen molar-refractivity contribution in [2.75, 3.05) is 20.2 Å². The van der Waals surface area contributed by atoms with Gasteiger partial charge in [0.25, 0.3) is 0 Å². The minimum Gasteiger partial charge on any atom is -0.508 e. The number of ether oxygens (including phenoxy) is 1. The van der Waals surface area contributed by atoms with Crippen LogP contribution in [0.25, 0.3) is 0 Å². The lowest BCUT2D eigenvalue weighted by Crippen LogP contribution is -2.47. The van der Waals surface area contributed by atoms with Crippen LogP contribution in [0.4, 0.5) is 0 Å². The second kappa shape index (κ2) is 9.60. The molecule has 7 nitrogen and oxygen atoms in total. The lowest BCUT2D eigenvalue weighted by Gasteiger charge is -2.32. The first-order chi connectivity index (χ1) is 12.8. The lowest BCUT2D eigenvalue weighted by atomic mass is 9.94. The summed E-state index contributed by atoms with van der Waals surface area (Å²) >= 11 is 0. The molecule has 3 N–H and O–H groups in total. The first-order valence-corrected chi connectivity index (χ1v) is 9.41. The van der Waals surface area contributed by atoms with E-state index in [0.717, 1.165) is 18.7 Å².